The van der Waals surface area contributed by atoms with Crippen LogP contribution in [-0.4, -0.2) is 57.7 Å². The van der Waals surface area contributed by atoms with Crippen LogP contribution in [0.1, 0.15) is 10.4 Å². The Morgan fingerprint density at radius 2 is 2.13 bits per heavy atom. The summed E-state index contributed by atoms with van der Waals surface area (Å²) in [5.74, 6) is -1.65. The zero-order valence-electron chi connectivity index (χ0n) is 12.8. The molecule has 128 valence electrons. The largest absolute Gasteiger partial charge is 0.379 e. The summed E-state index contributed by atoms with van der Waals surface area (Å²) >= 11 is 5.90. The van der Waals surface area contributed by atoms with Crippen LogP contribution in [0.3, 0.4) is 0 Å². The molecule has 1 aliphatic heterocycles. The first-order valence-corrected chi connectivity index (χ1v) is 8.93. The lowest BCUT2D eigenvalue weighted by atomic mass is 10.1. The molecule has 1 aromatic carbocycles. The van der Waals surface area contributed by atoms with Crippen molar-refractivity contribution in [3.8, 4) is 0 Å². The lowest BCUT2D eigenvalue weighted by Crippen LogP contribution is -2.43. The maximum atomic E-state index is 13.3. The Morgan fingerprint density at radius 3 is 2.78 bits per heavy atom. The molecule has 1 N–H and O–H groups in total. The van der Waals surface area contributed by atoms with E-state index < -0.39 is 27.8 Å². The van der Waals surface area contributed by atoms with Gasteiger partial charge in [-0.25, -0.2) is 17.1 Å². The second-order valence-corrected chi connectivity index (χ2v) is 8.20. The van der Waals surface area contributed by atoms with Gasteiger partial charge in [0.25, 0.3) is 5.91 Å². The first kappa shape index (κ1) is 18.1. The molecule has 2 atom stereocenters. The molecule has 0 aromatic heterocycles. The number of hydrogen-bond donors (Lipinski definition) is 1. The van der Waals surface area contributed by atoms with Crippen LogP contribution in [0.2, 0.25) is 5.02 Å². The Labute approximate surface area is 139 Å². The van der Waals surface area contributed by atoms with Gasteiger partial charge in [-0.15, -0.1) is 0 Å². The number of benzene rings is 1. The molecule has 0 spiro atoms. The molecule has 1 aromatic rings. The molecule has 0 aliphatic carbocycles. The smallest absolute Gasteiger partial charge is 0.253 e. The molecule has 2 rings (SSSR count). The van der Waals surface area contributed by atoms with Crippen LogP contribution in [0, 0.1) is 11.7 Å². The molecule has 23 heavy (non-hydrogen) atoms. The van der Waals surface area contributed by atoms with Crippen molar-refractivity contribution in [2.24, 2.45) is 5.92 Å². The summed E-state index contributed by atoms with van der Waals surface area (Å²) in [6, 6.07) is 3.02. The van der Waals surface area contributed by atoms with Crippen molar-refractivity contribution in [3.63, 3.8) is 0 Å². The minimum Gasteiger partial charge on any atom is -0.379 e. The minimum absolute atomic E-state index is 0.00721. The Hall–Kier alpha value is -1.22. The predicted molar refractivity (Wildman–Crippen MR) is 84.4 cm³/mol. The highest BCUT2D eigenvalue weighted by molar-refractivity contribution is 7.89. The van der Waals surface area contributed by atoms with E-state index in [1.165, 1.54) is 20.2 Å². The van der Waals surface area contributed by atoms with Crippen LogP contribution in [0.4, 0.5) is 4.39 Å². The summed E-state index contributed by atoms with van der Waals surface area (Å²) in [6.07, 6.45) is 0. The number of carbonyl (C=O) groups excluding carboxylic acids is 1. The van der Waals surface area contributed by atoms with Gasteiger partial charge >= 0.3 is 0 Å². The molecule has 1 aliphatic rings. The fourth-order valence-electron chi connectivity index (χ4n) is 2.26. The van der Waals surface area contributed by atoms with Crippen molar-refractivity contribution in [1.82, 2.24) is 9.62 Å². The van der Waals surface area contributed by atoms with Gasteiger partial charge in [0.05, 0.1) is 35.6 Å². The molecule has 1 heterocycles. The van der Waals surface area contributed by atoms with Crippen LogP contribution in [0.15, 0.2) is 18.2 Å². The summed E-state index contributed by atoms with van der Waals surface area (Å²) in [6.45, 7) is 0.432. The van der Waals surface area contributed by atoms with E-state index in [0.717, 1.165) is 16.4 Å². The third-order valence-corrected chi connectivity index (χ3v) is 5.96. The molecule has 1 saturated heterocycles. The van der Waals surface area contributed by atoms with Gasteiger partial charge in [-0.1, -0.05) is 11.6 Å². The molecule has 9 heteroatoms. The zero-order chi connectivity index (χ0) is 17.2. The van der Waals surface area contributed by atoms with E-state index in [-0.39, 0.29) is 35.5 Å². The molecule has 0 unspecified atom stereocenters. The van der Waals surface area contributed by atoms with E-state index in [0.29, 0.717) is 0 Å². The SMILES string of the molecule is CN(C)S(=O)(=O)C[C@@H]1COC[C@H]1NC(=O)c1cc(F)ccc1Cl. The Bertz CT molecular complexity index is 696. The van der Waals surface area contributed by atoms with Crippen molar-refractivity contribution in [1.29, 1.82) is 0 Å². The third-order valence-electron chi connectivity index (χ3n) is 3.67. The molecule has 1 fully saturated rings. The molecule has 0 radical (unpaired) electrons. The Kier molecular flexibility index (Phi) is 5.61. The number of carbonyl (C=O) groups is 1. The van der Waals surface area contributed by atoms with E-state index in [9.17, 15) is 17.6 Å². The van der Waals surface area contributed by atoms with Crippen molar-refractivity contribution < 1.29 is 22.3 Å². The van der Waals surface area contributed by atoms with Crippen LogP contribution in [0.5, 0.6) is 0 Å². The summed E-state index contributed by atoms with van der Waals surface area (Å²) in [5.41, 5.74) is 0.00721. The summed E-state index contributed by atoms with van der Waals surface area (Å²) < 4.78 is 43.6. The second-order valence-electron chi connectivity index (χ2n) is 5.56. The van der Waals surface area contributed by atoms with Gasteiger partial charge in [0.15, 0.2) is 0 Å². The van der Waals surface area contributed by atoms with E-state index in [1.54, 1.807) is 0 Å². The first-order valence-electron chi connectivity index (χ1n) is 6.94. The van der Waals surface area contributed by atoms with Crippen molar-refractivity contribution in [2.75, 3.05) is 33.1 Å². The molecule has 0 bridgehead atoms. The molecule has 0 saturated carbocycles. The topological polar surface area (TPSA) is 75.7 Å². The van der Waals surface area contributed by atoms with E-state index in [2.05, 4.69) is 5.32 Å². The normalized spacial score (nSPS) is 21.6. The van der Waals surface area contributed by atoms with Gasteiger partial charge in [0.2, 0.25) is 10.0 Å². The lowest BCUT2D eigenvalue weighted by Gasteiger charge is -2.21. The maximum absolute atomic E-state index is 13.3. The average Bonchev–Trinajstić information content (AvgIpc) is 2.87. The summed E-state index contributed by atoms with van der Waals surface area (Å²) in [7, 11) is -0.515. The van der Waals surface area contributed by atoms with Crippen molar-refractivity contribution in [3.05, 3.63) is 34.6 Å². The van der Waals surface area contributed by atoms with Crippen molar-refractivity contribution in [2.45, 2.75) is 6.04 Å². The standard InChI is InChI=1S/C14H18ClFN2O4S/c1-18(2)23(20,21)8-9-6-22-7-13(9)17-14(19)11-5-10(16)3-4-12(11)15/h3-5,9,13H,6-8H2,1-2H3,(H,17,19)/t9-,13+/m0/s1. The summed E-state index contributed by atoms with van der Waals surface area (Å²) in [4.78, 5) is 12.2. The number of amides is 1. The van der Waals surface area contributed by atoms with Gasteiger partial charge in [0, 0.05) is 20.0 Å². The van der Waals surface area contributed by atoms with Gasteiger partial charge in [-0.2, -0.15) is 0 Å². The first-order chi connectivity index (χ1) is 10.7. The lowest BCUT2D eigenvalue weighted by molar-refractivity contribution is 0.0925. The Morgan fingerprint density at radius 1 is 1.43 bits per heavy atom. The molecule has 6 nitrogen and oxygen atoms in total. The van der Waals surface area contributed by atoms with Crippen LogP contribution in [-0.2, 0) is 14.8 Å². The van der Waals surface area contributed by atoms with Gasteiger partial charge in [-0.3, -0.25) is 4.79 Å². The van der Waals surface area contributed by atoms with Crippen LogP contribution >= 0.6 is 11.6 Å². The van der Waals surface area contributed by atoms with Crippen molar-refractivity contribution >= 4 is 27.5 Å². The number of rotatable bonds is 5. The highest BCUT2D eigenvalue weighted by atomic mass is 35.5. The maximum Gasteiger partial charge on any atom is 0.253 e. The van der Waals surface area contributed by atoms with E-state index in [1.807, 2.05) is 0 Å². The second kappa shape index (κ2) is 7.12. The molecule has 1 amide bonds. The number of nitrogens with one attached hydrogen (secondary N) is 1. The fourth-order valence-corrected chi connectivity index (χ4v) is 3.63. The van der Waals surface area contributed by atoms with Crippen LogP contribution < -0.4 is 5.32 Å². The fraction of sp³-hybridized carbons (Fsp3) is 0.500. The summed E-state index contributed by atoms with van der Waals surface area (Å²) in [5, 5.41) is 2.80. The number of sulfonamides is 1. The molecular weight excluding hydrogens is 347 g/mol. The highest BCUT2D eigenvalue weighted by Gasteiger charge is 2.34. The third kappa shape index (κ3) is 4.41. The number of ether oxygens (including phenoxy) is 1. The number of nitrogens with zero attached hydrogens (tertiary/aromatic N) is 1. The van der Waals surface area contributed by atoms with Gasteiger partial charge < -0.3 is 10.1 Å². The van der Waals surface area contributed by atoms with E-state index >= 15 is 0 Å². The van der Waals surface area contributed by atoms with Crippen LogP contribution in [0.25, 0.3) is 0 Å². The van der Waals surface area contributed by atoms with E-state index in [4.69, 9.17) is 16.3 Å². The average molecular weight is 365 g/mol. The highest BCUT2D eigenvalue weighted by Crippen LogP contribution is 2.20. The monoisotopic (exact) mass is 364 g/mol. The van der Waals surface area contributed by atoms with Gasteiger partial charge in [-0.05, 0) is 18.2 Å². The predicted octanol–water partition coefficient (Wildman–Crippen LogP) is 1.12. The van der Waals surface area contributed by atoms with Gasteiger partial charge in [0.1, 0.15) is 5.82 Å². The molecular formula is C14H18ClFN2O4S. The Balaban J connectivity index is 2.09. The quantitative estimate of drug-likeness (QED) is 0.849. The number of halogens is 2. The number of hydrogen-bond acceptors (Lipinski definition) is 4. The minimum atomic E-state index is -3.41. The zero-order valence-corrected chi connectivity index (χ0v) is 14.3.